The average Bonchev–Trinajstić information content (AvgIpc) is 2.70. The minimum atomic E-state index is -0.526. The fourth-order valence-electron chi connectivity index (χ4n) is 2.82. The topological polar surface area (TPSA) is 49.4 Å². The molecule has 0 spiro atoms. The zero-order valence-electron chi connectivity index (χ0n) is 16.0. The van der Waals surface area contributed by atoms with Crippen LogP contribution in [0.4, 0.5) is 0 Å². The van der Waals surface area contributed by atoms with Gasteiger partial charge in [-0.15, -0.1) is 11.8 Å². The van der Waals surface area contributed by atoms with Crippen molar-refractivity contribution in [1.82, 2.24) is 10.2 Å². The SMILES string of the molecule is CC[C@H](C(=O)NC)N(Cc1ccccc1Cl)C(=O)CSCc1ccc(Br)cc1. The summed E-state index contributed by atoms with van der Waals surface area (Å²) in [6.07, 6.45) is 0.535. The van der Waals surface area contributed by atoms with E-state index in [1.165, 1.54) is 11.8 Å². The molecule has 0 radical (unpaired) electrons. The Balaban J connectivity index is 2.10. The third-order valence-corrected chi connectivity index (χ3v) is 6.22. The number of rotatable bonds is 9. The Morgan fingerprint density at radius 1 is 1.18 bits per heavy atom. The number of hydrogen-bond donors (Lipinski definition) is 1. The predicted octanol–water partition coefficient (Wildman–Crippen LogP) is 4.89. The summed E-state index contributed by atoms with van der Waals surface area (Å²) in [6.45, 7) is 2.21. The number of likely N-dealkylation sites (N-methyl/N-ethyl adjacent to an activating group) is 1. The van der Waals surface area contributed by atoms with Crippen LogP contribution in [0, 0.1) is 0 Å². The minimum Gasteiger partial charge on any atom is -0.357 e. The van der Waals surface area contributed by atoms with Gasteiger partial charge in [-0.25, -0.2) is 0 Å². The fraction of sp³-hybridized carbons (Fsp3) is 0.333. The highest BCUT2D eigenvalue weighted by Gasteiger charge is 2.28. The van der Waals surface area contributed by atoms with E-state index < -0.39 is 6.04 Å². The van der Waals surface area contributed by atoms with E-state index in [9.17, 15) is 9.59 Å². The highest BCUT2D eigenvalue weighted by Crippen LogP contribution is 2.21. The van der Waals surface area contributed by atoms with Crippen molar-refractivity contribution in [3.8, 4) is 0 Å². The van der Waals surface area contributed by atoms with Crippen LogP contribution in [0.3, 0.4) is 0 Å². The number of halogens is 2. The first-order valence-electron chi connectivity index (χ1n) is 9.03. The van der Waals surface area contributed by atoms with Crippen molar-refractivity contribution in [1.29, 1.82) is 0 Å². The first-order valence-corrected chi connectivity index (χ1v) is 11.4. The number of benzene rings is 2. The van der Waals surface area contributed by atoms with Crippen LogP contribution in [-0.2, 0) is 21.9 Å². The maximum Gasteiger partial charge on any atom is 0.242 e. The molecule has 0 bridgehead atoms. The normalized spacial score (nSPS) is 11.7. The molecule has 0 aliphatic carbocycles. The van der Waals surface area contributed by atoms with Gasteiger partial charge in [-0.3, -0.25) is 9.59 Å². The number of carbonyl (C=O) groups is 2. The minimum absolute atomic E-state index is 0.0718. The molecule has 2 aromatic carbocycles. The monoisotopic (exact) mass is 482 g/mol. The number of hydrogen-bond acceptors (Lipinski definition) is 3. The molecule has 0 aliphatic rings. The van der Waals surface area contributed by atoms with Gasteiger partial charge in [-0.2, -0.15) is 0 Å². The molecule has 2 aromatic rings. The van der Waals surface area contributed by atoms with E-state index in [-0.39, 0.29) is 11.8 Å². The molecular weight excluding hydrogens is 460 g/mol. The van der Waals surface area contributed by atoms with Crippen molar-refractivity contribution in [3.05, 3.63) is 69.2 Å². The summed E-state index contributed by atoms with van der Waals surface area (Å²) in [6, 6.07) is 14.9. The molecule has 0 saturated heterocycles. The van der Waals surface area contributed by atoms with Crippen LogP contribution in [0.2, 0.25) is 5.02 Å². The van der Waals surface area contributed by atoms with Crippen LogP contribution >= 0.6 is 39.3 Å². The van der Waals surface area contributed by atoms with Crippen molar-refractivity contribution in [3.63, 3.8) is 0 Å². The first-order chi connectivity index (χ1) is 13.5. The molecular formula is C21H24BrClN2O2S. The third-order valence-electron chi connectivity index (χ3n) is 4.34. The Morgan fingerprint density at radius 2 is 1.86 bits per heavy atom. The molecule has 4 nitrogen and oxygen atoms in total. The van der Waals surface area contributed by atoms with E-state index in [1.807, 2.05) is 49.4 Å². The van der Waals surface area contributed by atoms with Gasteiger partial charge < -0.3 is 10.2 Å². The molecule has 0 unspecified atom stereocenters. The molecule has 1 atom stereocenters. The largest absolute Gasteiger partial charge is 0.357 e. The summed E-state index contributed by atoms with van der Waals surface area (Å²) in [5, 5.41) is 3.25. The van der Waals surface area contributed by atoms with Gasteiger partial charge in [0.15, 0.2) is 0 Å². The second-order valence-corrected chi connectivity index (χ2v) is 8.58. The third kappa shape index (κ3) is 6.54. The van der Waals surface area contributed by atoms with Gasteiger partial charge in [0.1, 0.15) is 6.04 Å². The van der Waals surface area contributed by atoms with Crippen LogP contribution in [0.1, 0.15) is 24.5 Å². The van der Waals surface area contributed by atoms with Crippen LogP contribution in [0.15, 0.2) is 53.0 Å². The summed E-state index contributed by atoms with van der Waals surface area (Å²) in [7, 11) is 1.59. The molecule has 0 aromatic heterocycles. The number of amides is 2. The van der Waals surface area contributed by atoms with Crippen LogP contribution in [0.25, 0.3) is 0 Å². The molecule has 2 amide bonds. The van der Waals surface area contributed by atoms with Gasteiger partial charge in [0.05, 0.1) is 5.75 Å². The highest BCUT2D eigenvalue weighted by molar-refractivity contribution is 9.10. The van der Waals surface area contributed by atoms with Gasteiger partial charge in [-0.1, -0.05) is 64.8 Å². The van der Waals surface area contributed by atoms with Crippen LogP contribution in [-0.4, -0.2) is 35.6 Å². The fourth-order valence-corrected chi connectivity index (χ4v) is 4.15. The van der Waals surface area contributed by atoms with Gasteiger partial charge >= 0.3 is 0 Å². The van der Waals surface area contributed by atoms with Crippen molar-refractivity contribution < 1.29 is 9.59 Å². The average molecular weight is 484 g/mol. The second-order valence-electron chi connectivity index (χ2n) is 6.27. The zero-order valence-corrected chi connectivity index (χ0v) is 19.1. The number of carbonyl (C=O) groups excluding carboxylic acids is 2. The smallest absolute Gasteiger partial charge is 0.242 e. The second kappa shape index (κ2) is 11.5. The lowest BCUT2D eigenvalue weighted by Crippen LogP contribution is -2.48. The Bertz CT molecular complexity index is 801. The molecule has 0 heterocycles. The summed E-state index contributed by atoms with van der Waals surface area (Å²) >= 11 is 11.2. The lowest BCUT2D eigenvalue weighted by atomic mass is 10.1. The zero-order chi connectivity index (χ0) is 20.5. The van der Waals surface area contributed by atoms with Gasteiger partial charge in [0.25, 0.3) is 0 Å². The molecule has 7 heteroatoms. The number of nitrogens with zero attached hydrogens (tertiary/aromatic N) is 1. The van der Waals surface area contributed by atoms with Crippen molar-refractivity contribution in [2.24, 2.45) is 0 Å². The summed E-state index contributed by atoms with van der Waals surface area (Å²) < 4.78 is 1.03. The Labute approximate surface area is 184 Å². The van der Waals surface area contributed by atoms with Crippen molar-refractivity contribution in [2.75, 3.05) is 12.8 Å². The maximum atomic E-state index is 13.0. The molecule has 28 heavy (non-hydrogen) atoms. The quantitative estimate of drug-likeness (QED) is 0.552. The summed E-state index contributed by atoms with van der Waals surface area (Å²) in [4.78, 5) is 27.0. The summed E-state index contributed by atoms with van der Waals surface area (Å²) in [5.41, 5.74) is 1.98. The lowest BCUT2D eigenvalue weighted by molar-refractivity contribution is -0.139. The molecule has 0 saturated carbocycles. The number of thioether (sulfide) groups is 1. The van der Waals surface area contributed by atoms with Gasteiger partial charge in [0.2, 0.25) is 11.8 Å². The lowest BCUT2D eigenvalue weighted by Gasteiger charge is -2.30. The summed E-state index contributed by atoms with van der Waals surface area (Å²) in [5.74, 6) is 0.794. The first kappa shape index (κ1) is 22.8. The maximum absolute atomic E-state index is 13.0. The van der Waals surface area contributed by atoms with Crippen LogP contribution < -0.4 is 5.32 Å². The molecule has 2 rings (SSSR count). The predicted molar refractivity (Wildman–Crippen MR) is 120 cm³/mol. The van der Waals surface area contributed by atoms with E-state index in [0.717, 1.165) is 21.4 Å². The Hall–Kier alpha value is -1.50. The van der Waals surface area contributed by atoms with E-state index in [0.29, 0.717) is 23.7 Å². The van der Waals surface area contributed by atoms with Crippen molar-refractivity contribution >= 4 is 51.1 Å². The standard InChI is InChI=1S/C21H24BrClN2O2S/c1-3-19(21(27)24-2)25(12-16-6-4-5-7-18(16)23)20(26)14-28-13-15-8-10-17(22)11-9-15/h4-11,19H,3,12-14H2,1-2H3,(H,24,27)/t19-/m1/s1. The van der Waals surface area contributed by atoms with Gasteiger partial charge in [-0.05, 0) is 35.7 Å². The van der Waals surface area contributed by atoms with E-state index in [4.69, 9.17) is 11.6 Å². The van der Waals surface area contributed by atoms with Gasteiger partial charge in [0, 0.05) is 28.8 Å². The Kier molecular flexibility index (Phi) is 9.35. The molecule has 1 N–H and O–H groups in total. The van der Waals surface area contributed by atoms with Crippen molar-refractivity contribution in [2.45, 2.75) is 31.7 Å². The van der Waals surface area contributed by atoms with E-state index in [1.54, 1.807) is 18.0 Å². The van der Waals surface area contributed by atoms with E-state index in [2.05, 4.69) is 21.2 Å². The molecule has 150 valence electrons. The van der Waals surface area contributed by atoms with E-state index >= 15 is 0 Å². The molecule has 0 aliphatic heterocycles. The Morgan fingerprint density at radius 3 is 2.46 bits per heavy atom. The van der Waals surface area contributed by atoms with Crippen LogP contribution in [0.5, 0.6) is 0 Å². The molecule has 0 fully saturated rings. The number of nitrogens with one attached hydrogen (secondary N) is 1. The highest BCUT2D eigenvalue weighted by atomic mass is 79.9.